The third kappa shape index (κ3) is 3.12. The molecule has 0 bridgehead atoms. The molecule has 1 saturated heterocycles. The molecular formula is C13H17Cl2NO3S. The van der Waals surface area contributed by atoms with Gasteiger partial charge in [0, 0.05) is 13.1 Å². The van der Waals surface area contributed by atoms with E-state index in [-0.39, 0.29) is 20.9 Å². The molecule has 1 N–H and O–H groups in total. The number of aliphatic hydroxyl groups is 1. The number of piperidine rings is 1. The lowest BCUT2D eigenvalue weighted by molar-refractivity contribution is 0.0912. The zero-order chi connectivity index (χ0) is 14.9. The summed E-state index contributed by atoms with van der Waals surface area (Å²) in [6.45, 7) is 2.48. The van der Waals surface area contributed by atoms with Gasteiger partial charge in [-0.25, -0.2) is 8.42 Å². The number of benzene rings is 1. The predicted molar refractivity (Wildman–Crippen MR) is 79.6 cm³/mol. The average molecular weight is 338 g/mol. The molecular weight excluding hydrogens is 321 g/mol. The number of hydrogen-bond donors (Lipinski definition) is 1. The molecule has 1 fully saturated rings. The van der Waals surface area contributed by atoms with E-state index in [1.807, 2.05) is 0 Å². The van der Waals surface area contributed by atoms with E-state index in [4.69, 9.17) is 23.2 Å². The van der Waals surface area contributed by atoms with Crippen LogP contribution in [0.15, 0.2) is 23.1 Å². The van der Waals surface area contributed by atoms with Gasteiger partial charge in [-0.15, -0.1) is 0 Å². The standard InChI is InChI=1S/C13H17Cl2NO3S/c1-9(17)10-5-7-16(8-6-10)20(18,19)13-11(14)3-2-4-12(13)15/h2-4,9-10,17H,5-8H2,1H3. The normalized spacial score (nSPS) is 20.0. The van der Waals surface area contributed by atoms with Crippen LogP contribution >= 0.6 is 23.2 Å². The maximum atomic E-state index is 12.6. The molecule has 1 aliphatic rings. The van der Waals surface area contributed by atoms with E-state index >= 15 is 0 Å². The van der Waals surface area contributed by atoms with Gasteiger partial charge in [-0.1, -0.05) is 29.3 Å². The van der Waals surface area contributed by atoms with Crippen molar-refractivity contribution in [1.82, 2.24) is 4.31 Å². The van der Waals surface area contributed by atoms with Crippen LogP contribution in [0.2, 0.25) is 10.0 Å². The summed E-state index contributed by atoms with van der Waals surface area (Å²) >= 11 is 12.0. The Morgan fingerprint density at radius 1 is 1.25 bits per heavy atom. The lowest BCUT2D eigenvalue weighted by atomic mass is 9.93. The van der Waals surface area contributed by atoms with E-state index in [2.05, 4.69) is 0 Å². The van der Waals surface area contributed by atoms with Crippen LogP contribution < -0.4 is 0 Å². The lowest BCUT2D eigenvalue weighted by Gasteiger charge is -2.32. The highest BCUT2D eigenvalue weighted by Gasteiger charge is 2.33. The minimum absolute atomic E-state index is 0.0289. The number of aliphatic hydroxyl groups excluding tert-OH is 1. The molecule has 0 saturated carbocycles. The van der Waals surface area contributed by atoms with E-state index in [1.54, 1.807) is 13.0 Å². The minimum Gasteiger partial charge on any atom is -0.393 e. The lowest BCUT2D eigenvalue weighted by Crippen LogP contribution is -2.40. The number of hydrogen-bond acceptors (Lipinski definition) is 3. The van der Waals surface area contributed by atoms with Gasteiger partial charge in [0.15, 0.2) is 0 Å². The van der Waals surface area contributed by atoms with Crippen LogP contribution in [0.5, 0.6) is 0 Å². The Morgan fingerprint density at radius 3 is 2.20 bits per heavy atom. The Kier molecular flexibility index (Phi) is 4.97. The van der Waals surface area contributed by atoms with E-state index in [0.717, 1.165) is 0 Å². The summed E-state index contributed by atoms with van der Waals surface area (Å²) in [5.74, 6) is 0.142. The highest BCUT2D eigenvalue weighted by molar-refractivity contribution is 7.89. The second-order valence-corrected chi connectivity index (χ2v) is 7.72. The molecule has 7 heteroatoms. The van der Waals surface area contributed by atoms with Crippen molar-refractivity contribution in [2.24, 2.45) is 5.92 Å². The molecule has 112 valence electrons. The monoisotopic (exact) mass is 337 g/mol. The number of halogens is 2. The number of nitrogens with zero attached hydrogens (tertiary/aromatic N) is 1. The highest BCUT2D eigenvalue weighted by atomic mass is 35.5. The fraction of sp³-hybridized carbons (Fsp3) is 0.538. The zero-order valence-corrected chi connectivity index (χ0v) is 13.4. The van der Waals surface area contributed by atoms with Gasteiger partial charge in [0.2, 0.25) is 10.0 Å². The molecule has 1 unspecified atom stereocenters. The van der Waals surface area contributed by atoms with Gasteiger partial charge in [0.05, 0.1) is 16.1 Å². The first kappa shape index (κ1) is 16.0. The summed E-state index contributed by atoms with van der Waals surface area (Å²) in [5.41, 5.74) is 0. The first-order valence-corrected chi connectivity index (χ1v) is 8.66. The topological polar surface area (TPSA) is 57.6 Å². The summed E-state index contributed by atoms with van der Waals surface area (Å²) in [6, 6.07) is 4.65. The van der Waals surface area contributed by atoms with Crippen molar-refractivity contribution < 1.29 is 13.5 Å². The minimum atomic E-state index is -3.68. The van der Waals surface area contributed by atoms with Crippen LogP contribution in [0.25, 0.3) is 0 Å². The Balaban J connectivity index is 2.25. The molecule has 0 aliphatic carbocycles. The van der Waals surface area contributed by atoms with Crippen LogP contribution in [0.3, 0.4) is 0 Å². The van der Waals surface area contributed by atoms with Crippen molar-refractivity contribution >= 4 is 33.2 Å². The van der Waals surface area contributed by atoms with E-state index in [1.165, 1.54) is 16.4 Å². The van der Waals surface area contributed by atoms with Gasteiger partial charge >= 0.3 is 0 Å². The second kappa shape index (κ2) is 6.20. The van der Waals surface area contributed by atoms with Gasteiger partial charge in [-0.05, 0) is 37.8 Å². The third-order valence-corrected chi connectivity index (χ3v) is 6.55. The molecule has 0 amide bonds. The molecule has 1 atom stereocenters. The average Bonchev–Trinajstić information content (AvgIpc) is 2.38. The van der Waals surface area contributed by atoms with Crippen molar-refractivity contribution in [3.63, 3.8) is 0 Å². The summed E-state index contributed by atoms with van der Waals surface area (Å²) in [6.07, 6.45) is 0.863. The maximum Gasteiger partial charge on any atom is 0.246 e. The van der Waals surface area contributed by atoms with Gasteiger partial charge in [0.25, 0.3) is 0 Å². The van der Waals surface area contributed by atoms with Crippen LogP contribution in [-0.4, -0.2) is 37.0 Å². The molecule has 1 aliphatic heterocycles. The SMILES string of the molecule is CC(O)C1CCN(S(=O)(=O)c2c(Cl)cccc2Cl)CC1. The first-order valence-electron chi connectivity index (χ1n) is 6.46. The summed E-state index contributed by atoms with van der Waals surface area (Å²) in [4.78, 5) is -0.0289. The Hall–Kier alpha value is -0.330. The molecule has 1 heterocycles. The zero-order valence-electron chi connectivity index (χ0n) is 11.1. The van der Waals surface area contributed by atoms with Gasteiger partial charge < -0.3 is 5.11 Å². The Labute approximate surface area is 129 Å². The van der Waals surface area contributed by atoms with Crippen molar-refractivity contribution in [2.75, 3.05) is 13.1 Å². The van der Waals surface area contributed by atoms with Crippen molar-refractivity contribution in [2.45, 2.75) is 30.8 Å². The quantitative estimate of drug-likeness (QED) is 0.922. The molecule has 2 rings (SSSR count). The molecule has 1 aromatic carbocycles. The van der Waals surface area contributed by atoms with E-state index in [0.29, 0.717) is 25.9 Å². The fourth-order valence-electron chi connectivity index (χ4n) is 2.46. The van der Waals surface area contributed by atoms with Crippen molar-refractivity contribution in [3.8, 4) is 0 Å². The number of rotatable bonds is 3. The highest BCUT2D eigenvalue weighted by Crippen LogP contribution is 2.33. The van der Waals surface area contributed by atoms with Gasteiger partial charge in [0.1, 0.15) is 4.90 Å². The summed E-state index contributed by atoms with van der Waals surface area (Å²) in [7, 11) is -3.68. The molecule has 20 heavy (non-hydrogen) atoms. The van der Waals surface area contributed by atoms with Gasteiger partial charge in [-0.3, -0.25) is 0 Å². The van der Waals surface area contributed by atoms with E-state index < -0.39 is 16.1 Å². The van der Waals surface area contributed by atoms with Crippen LogP contribution in [0.4, 0.5) is 0 Å². The Morgan fingerprint density at radius 2 is 1.75 bits per heavy atom. The molecule has 0 aromatic heterocycles. The Bertz CT molecular complexity index is 561. The first-order chi connectivity index (χ1) is 9.34. The summed E-state index contributed by atoms with van der Waals surface area (Å²) in [5, 5.41) is 9.83. The predicted octanol–water partition coefficient (Wildman–Crippen LogP) is 2.77. The van der Waals surface area contributed by atoms with Crippen LogP contribution in [-0.2, 0) is 10.0 Å². The maximum absolute atomic E-state index is 12.6. The molecule has 1 aromatic rings. The molecule has 0 radical (unpaired) electrons. The van der Waals surface area contributed by atoms with Crippen LogP contribution in [0, 0.1) is 5.92 Å². The second-order valence-electron chi connectivity index (χ2n) is 5.03. The third-order valence-electron chi connectivity index (χ3n) is 3.70. The van der Waals surface area contributed by atoms with E-state index in [9.17, 15) is 13.5 Å². The smallest absolute Gasteiger partial charge is 0.246 e. The van der Waals surface area contributed by atoms with Gasteiger partial charge in [-0.2, -0.15) is 4.31 Å². The fourth-order valence-corrected chi connectivity index (χ4v) is 5.02. The molecule has 0 spiro atoms. The van der Waals surface area contributed by atoms with Crippen molar-refractivity contribution in [1.29, 1.82) is 0 Å². The largest absolute Gasteiger partial charge is 0.393 e. The van der Waals surface area contributed by atoms with Crippen LogP contribution in [0.1, 0.15) is 19.8 Å². The van der Waals surface area contributed by atoms with Crippen molar-refractivity contribution in [3.05, 3.63) is 28.2 Å². The number of sulfonamides is 1. The summed E-state index contributed by atoms with van der Waals surface area (Å²) < 4.78 is 26.6. The molecule has 4 nitrogen and oxygen atoms in total.